The summed E-state index contributed by atoms with van der Waals surface area (Å²) in [6.45, 7) is 0. The molecule has 2 N–H and O–H groups in total. The molecule has 0 radical (unpaired) electrons. The molecule has 2 aromatic rings. The van der Waals surface area contributed by atoms with Crippen molar-refractivity contribution in [3.05, 3.63) is 71.8 Å². The van der Waals surface area contributed by atoms with Gasteiger partial charge in [0.1, 0.15) is 0 Å². The monoisotopic (exact) mass is 281 g/mol. The summed E-state index contributed by atoms with van der Waals surface area (Å²) < 4.78 is 0. The quantitative estimate of drug-likeness (QED) is 0.896. The van der Waals surface area contributed by atoms with E-state index in [2.05, 4.69) is 66.0 Å². The van der Waals surface area contributed by atoms with Crippen LogP contribution in [-0.2, 0) is 0 Å². The zero-order valence-corrected chi connectivity index (χ0v) is 12.3. The van der Waals surface area contributed by atoms with Crippen molar-refractivity contribution in [3.63, 3.8) is 0 Å². The van der Waals surface area contributed by atoms with E-state index in [1.54, 1.807) is 0 Å². The molecule has 0 aliphatic heterocycles. The average molecular weight is 281 g/mol. The van der Waals surface area contributed by atoms with E-state index in [1.165, 1.54) is 11.1 Å². The summed E-state index contributed by atoms with van der Waals surface area (Å²) in [5, 5.41) is 13.5. The van der Waals surface area contributed by atoms with E-state index in [0.717, 1.165) is 25.7 Å². The fourth-order valence-electron chi connectivity index (χ4n) is 3.15. The molecule has 1 aliphatic rings. The lowest BCUT2D eigenvalue weighted by molar-refractivity contribution is 0.115. The van der Waals surface area contributed by atoms with Gasteiger partial charge in [-0.05, 0) is 36.8 Å². The van der Waals surface area contributed by atoms with E-state index >= 15 is 0 Å². The number of hydrogen-bond acceptors (Lipinski definition) is 2. The molecule has 0 unspecified atom stereocenters. The van der Waals surface area contributed by atoms with Crippen molar-refractivity contribution >= 4 is 0 Å². The smallest absolute Gasteiger partial charge is 0.0578 e. The van der Waals surface area contributed by atoms with Gasteiger partial charge in [0.05, 0.1) is 12.1 Å². The Morgan fingerprint density at radius 3 is 1.71 bits per heavy atom. The van der Waals surface area contributed by atoms with Crippen LogP contribution in [0.1, 0.15) is 42.9 Å². The van der Waals surface area contributed by atoms with Gasteiger partial charge in [-0.3, -0.25) is 0 Å². The van der Waals surface area contributed by atoms with Gasteiger partial charge < -0.3 is 10.4 Å². The number of benzene rings is 2. The number of nitrogens with one attached hydrogen (secondary N) is 1. The molecule has 0 heterocycles. The van der Waals surface area contributed by atoms with E-state index in [1.807, 2.05) is 0 Å². The first-order valence-electron chi connectivity index (χ1n) is 7.87. The molecule has 21 heavy (non-hydrogen) atoms. The van der Waals surface area contributed by atoms with Crippen LogP contribution in [-0.4, -0.2) is 17.3 Å². The molecule has 0 spiro atoms. The maximum Gasteiger partial charge on any atom is 0.0578 e. The van der Waals surface area contributed by atoms with Crippen molar-refractivity contribution in [1.29, 1.82) is 0 Å². The molecule has 0 amide bonds. The number of aliphatic hydroxyl groups excluding tert-OH is 1. The van der Waals surface area contributed by atoms with Crippen molar-refractivity contribution in [2.45, 2.75) is 43.9 Å². The molecule has 0 bridgehead atoms. The largest absolute Gasteiger partial charge is 0.393 e. The Morgan fingerprint density at radius 1 is 0.762 bits per heavy atom. The molecule has 3 rings (SSSR count). The zero-order valence-electron chi connectivity index (χ0n) is 12.3. The number of rotatable bonds is 4. The van der Waals surface area contributed by atoms with Gasteiger partial charge in [-0.25, -0.2) is 0 Å². The van der Waals surface area contributed by atoms with E-state index in [-0.39, 0.29) is 12.1 Å². The molecule has 0 saturated heterocycles. The molecular weight excluding hydrogens is 258 g/mol. The first-order chi connectivity index (χ1) is 10.3. The summed E-state index contributed by atoms with van der Waals surface area (Å²) in [5.41, 5.74) is 2.60. The Kier molecular flexibility index (Phi) is 4.69. The van der Waals surface area contributed by atoms with E-state index in [0.29, 0.717) is 6.04 Å². The van der Waals surface area contributed by atoms with Gasteiger partial charge in [-0.2, -0.15) is 0 Å². The highest BCUT2D eigenvalue weighted by Gasteiger charge is 2.23. The first kappa shape index (κ1) is 14.3. The number of aliphatic hydroxyl groups is 1. The lowest BCUT2D eigenvalue weighted by Gasteiger charge is -2.31. The lowest BCUT2D eigenvalue weighted by Crippen LogP contribution is -2.37. The highest BCUT2D eigenvalue weighted by atomic mass is 16.3. The van der Waals surface area contributed by atoms with Crippen LogP contribution in [0.5, 0.6) is 0 Å². The van der Waals surface area contributed by atoms with Gasteiger partial charge in [0, 0.05) is 6.04 Å². The van der Waals surface area contributed by atoms with Crippen molar-refractivity contribution in [2.24, 2.45) is 0 Å². The van der Waals surface area contributed by atoms with Crippen LogP contribution in [0.3, 0.4) is 0 Å². The summed E-state index contributed by atoms with van der Waals surface area (Å²) in [7, 11) is 0. The topological polar surface area (TPSA) is 32.3 Å². The minimum absolute atomic E-state index is 0.102. The van der Waals surface area contributed by atoms with Gasteiger partial charge in [0.25, 0.3) is 0 Å². The van der Waals surface area contributed by atoms with Crippen LogP contribution >= 0.6 is 0 Å². The van der Waals surface area contributed by atoms with Gasteiger partial charge in [-0.15, -0.1) is 0 Å². The fraction of sp³-hybridized carbons (Fsp3) is 0.368. The zero-order chi connectivity index (χ0) is 14.5. The molecule has 110 valence electrons. The Bertz CT molecular complexity index is 493. The third-order valence-electron chi connectivity index (χ3n) is 4.36. The maximum absolute atomic E-state index is 9.67. The molecular formula is C19H23NO. The van der Waals surface area contributed by atoms with Gasteiger partial charge in [-0.1, -0.05) is 60.7 Å². The average Bonchev–Trinajstić information content (AvgIpc) is 2.56. The highest BCUT2D eigenvalue weighted by molar-refractivity contribution is 5.31. The second-order valence-corrected chi connectivity index (χ2v) is 5.93. The SMILES string of the molecule is OC1CCC(NC(c2ccccc2)c2ccccc2)CC1. The van der Waals surface area contributed by atoms with E-state index in [4.69, 9.17) is 0 Å². The molecule has 1 fully saturated rings. The lowest BCUT2D eigenvalue weighted by atomic mass is 9.90. The van der Waals surface area contributed by atoms with Crippen LogP contribution in [0.15, 0.2) is 60.7 Å². The summed E-state index contributed by atoms with van der Waals surface area (Å²) in [5.74, 6) is 0. The van der Waals surface area contributed by atoms with Gasteiger partial charge in [0.2, 0.25) is 0 Å². The second kappa shape index (κ2) is 6.88. The molecule has 0 aromatic heterocycles. The Hall–Kier alpha value is -1.64. The Morgan fingerprint density at radius 2 is 1.24 bits per heavy atom. The molecule has 1 saturated carbocycles. The standard InChI is InChI=1S/C19H23NO/c21-18-13-11-17(12-14-18)20-19(15-7-3-1-4-8-15)16-9-5-2-6-10-16/h1-10,17-21H,11-14H2. The van der Waals surface area contributed by atoms with Gasteiger partial charge in [0.15, 0.2) is 0 Å². The third-order valence-corrected chi connectivity index (χ3v) is 4.36. The van der Waals surface area contributed by atoms with Crippen LogP contribution in [0, 0.1) is 0 Å². The maximum atomic E-state index is 9.67. The normalized spacial score (nSPS) is 22.4. The van der Waals surface area contributed by atoms with Gasteiger partial charge >= 0.3 is 0 Å². The predicted molar refractivity (Wildman–Crippen MR) is 86.1 cm³/mol. The minimum atomic E-state index is -0.102. The van der Waals surface area contributed by atoms with Crippen LogP contribution in [0.2, 0.25) is 0 Å². The molecule has 1 aliphatic carbocycles. The molecule has 2 nitrogen and oxygen atoms in total. The minimum Gasteiger partial charge on any atom is -0.393 e. The highest BCUT2D eigenvalue weighted by Crippen LogP contribution is 2.26. The summed E-state index contributed by atoms with van der Waals surface area (Å²) >= 11 is 0. The molecule has 0 atom stereocenters. The second-order valence-electron chi connectivity index (χ2n) is 5.93. The Labute approximate surface area is 126 Å². The van der Waals surface area contributed by atoms with Crippen LogP contribution < -0.4 is 5.32 Å². The molecule has 2 aromatic carbocycles. The van der Waals surface area contributed by atoms with Crippen molar-refractivity contribution < 1.29 is 5.11 Å². The van der Waals surface area contributed by atoms with E-state index in [9.17, 15) is 5.11 Å². The molecule has 2 heteroatoms. The van der Waals surface area contributed by atoms with Crippen LogP contribution in [0.4, 0.5) is 0 Å². The number of hydrogen-bond donors (Lipinski definition) is 2. The summed E-state index contributed by atoms with van der Waals surface area (Å²) in [6, 6.07) is 21.9. The van der Waals surface area contributed by atoms with Crippen molar-refractivity contribution in [1.82, 2.24) is 5.32 Å². The Balaban J connectivity index is 1.80. The fourth-order valence-corrected chi connectivity index (χ4v) is 3.15. The summed E-state index contributed by atoms with van der Waals surface area (Å²) in [6.07, 6.45) is 3.83. The predicted octanol–water partition coefficient (Wildman–Crippen LogP) is 3.67. The first-order valence-corrected chi connectivity index (χ1v) is 7.87. The summed E-state index contributed by atoms with van der Waals surface area (Å²) in [4.78, 5) is 0. The van der Waals surface area contributed by atoms with Crippen molar-refractivity contribution in [3.8, 4) is 0 Å². The van der Waals surface area contributed by atoms with Crippen molar-refractivity contribution in [2.75, 3.05) is 0 Å². The van der Waals surface area contributed by atoms with E-state index < -0.39 is 0 Å². The van der Waals surface area contributed by atoms with Crippen LogP contribution in [0.25, 0.3) is 0 Å². The third kappa shape index (κ3) is 3.72.